The molecule has 0 saturated carbocycles. The lowest BCUT2D eigenvalue weighted by atomic mass is 10.1. The Labute approximate surface area is 121 Å². The van der Waals surface area contributed by atoms with Crippen molar-refractivity contribution in [2.75, 3.05) is 12.4 Å². The number of rotatable bonds is 9. The fourth-order valence-corrected chi connectivity index (χ4v) is 3.07. The van der Waals surface area contributed by atoms with Crippen LogP contribution in [-0.2, 0) is 16.4 Å². The zero-order valence-corrected chi connectivity index (χ0v) is 12.9. The molecule has 0 atom stereocenters. The van der Waals surface area contributed by atoms with E-state index in [1.807, 2.05) is 12.1 Å². The van der Waals surface area contributed by atoms with Crippen LogP contribution in [-0.4, -0.2) is 20.8 Å². The molecule has 1 aromatic rings. The Morgan fingerprint density at radius 3 is 2.37 bits per heavy atom. The molecule has 5 heteroatoms. The highest BCUT2D eigenvalue weighted by Gasteiger charge is 2.12. The van der Waals surface area contributed by atoms with Crippen molar-refractivity contribution in [2.24, 2.45) is 0 Å². The minimum atomic E-state index is -3.36. The highest BCUT2D eigenvalue weighted by Crippen LogP contribution is 2.12. The van der Waals surface area contributed by atoms with E-state index in [4.69, 9.17) is 11.6 Å². The standard InChI is InChI=1S/C14H22ClNO2S/c1-2-6-13-7-9-14(10-8-13)19(17,18)16-12-5-3-4-11-15/h7-10,16H,2-6,11-12H2,1H3. The third-order valence-electron chi connectivity index (χ3n) is 2.87. The second-order valence-electron chi connectivity index (χ2n) is 4.54. The van der Waals surface area contributed by atoms with E-state index < -0.39 is 10.0 Å². The van der Waals surface area contributed by atoms with Gasteiger partial charge in [-0.2, -0.15) is 0 Å². The number of aryl methyl sites for hydroxylation is 1. The predicted octanol–water partition coefficient (Wildman–Crippen LogP) is 3.33. The molecule has 19 heavy (non-hydrogen) atoms. The second-order valence-corrected chi connectivity index (χ2v) is 6.69. The van der Waals surface area contributed by atoms with Gasteiger partial charge in [0, 0.05) is 12.4 Å². The van der Waals surface area contributed by atoms with Crippen molar-refractivity contribution in [1.29, 1.82) is 0 Å². The molecule has 0 radical (unpaired) electrons. The first kappa shape index (κ1) is 16.5. The van der Waals surface area contributed by atoms with E-state index in [9.17, 15) is 8.42 Å². The van der Waals surface area contributed by atoms with Crippen LogP contribution in [0.4, 0.5) is 0 Å². The molecule has 1 rings (SSSR count). The van der Waals surface area contributed by atoms with Gasteiger partial charge in [-0.1, -0.05) is 31.9 Å². The summed E-state index contributed by atoms with van der Waals surface area (Å²) < 4.78 is 26.6. The van der Waals surface area contributed by atoms with Crippen LogP contribution in [0.2, 0.25) is 0 Å². The summed E-state index contributed by atoms with van der Waals surface area (Å²) in [5, 5.41) is 0. The SMILES string of the molecule is CCCc1ccc(S(=O)(=O)NCCCCCCl)cc1. The summed E-state index contributed by atoms with van der Waals surface area (Å²) in [6, 6.07) is 7.11. The Hall–Kier alpha value is -0.580. The van der Waals surface area contributed by atoms with Crippen LogP contribution in [0.15, 0.2) is 29.2 Å². The first-order valence-electron chi connectivity index (χ1n) is 6.74. The topological polar surface area (TPSA) is 46.2 Å². The smallest absolute Gasteiger partial charge is 0.211 e. The van der Waals surface area contributed by atoms with Crippen molar-refractivity contribution >= 4 is 21.6 Å². The second kappa shape index (κ2) is 8.56. The molecular weight excluding hydrogens is 282 g/mol. The minimum Gasteiger partial charge on any atom is -0.211 e. The van der Waals surface area contributed by atoms with Gasteiger partial charge in [-0.3, -0.25) is 0 Å². The number of benzene rings is 1. The molecule has 0 aliphatic rings. The van der Waals surface area contributed by atoms with Crippen LogP contribution in [0.3, 0.4) is 0 Å². The summed E-state index contributed by atoms with van der Waals surface area (Å²) in [6.07, 6.45) is 4.73. The Balaban J connectivity index is 2.52. The summed E-state index contributed by atoms with van der Waals surface area (Å²) in [7, 11) is -3.36. The average molecular weight is 304 g/mol. The molecule has 0 bridgehead atoms. The van der Waals surface area contributed by atoms with E-state index in [-0.39, 0.29) is 0 Å². The third-order valence-corrected chi connectivity index (χ3v) is 4.62. The zero-order chi connectivity index (χ0) is 14.1. The van der Waals surface area contributed by atoms with Gasteiger partial charge in [0.2, 0.25) is 10.0 Å². The molecule has 3 nitrogen and oxygen atoms in total. The molecular formula is C14H22ClNO2S. The maximum atomic E-state index is 12.0. The summed E-state index contributed by atoms with van der Waals surface area (Å²) in [6.45, 7) is 2.57. The highest BCUT2D eigenvalue weighted by atomic mass is 35.5. The van der Waals surface area contributed by atoms with Crippen LogP contribution in [0.25, 0.3) is 0 Å². The summed E-state index contributed by atoms with van der Waals surface area (Å²) >= 11 is 5.57. The van der Waals surface area contributed by atoms with Crippen LogP contribution < -0.4 is 4.72 Å². The van der Waals surface area contributed by atoms with Crippen molar-refractivity contribution < 1.29 is 8.42 Å². The fourth-order valence-electron chi connectivity index (χ4n) is 1.81. The van der Waals surface area contributed by atoms with Gasteiger partial charge < -0.3 is 0 Å². The van der Waals surface area contributed by atoms with Crippen molar-refractivity contribution in [2.45, 2.75) is 43.9 Å². The molecule has 0 spiro atoms. The molecule has 1 N–H and O–H groups in total. The lowest BCUT2D eigenvalue weighted by Gasteiger charge is -2.07. The fraction of sp³-hybridized carbons (Fsp3) is 0.571. The number of halogens is 1. The highest BCUT2D eigenvalue weighted by molar-refractivity contribution is 7.89. The Morgan fingerprint density at radius 2 is 1.79 bits per heavy atom. The van der Waals surface area contributed by atoms with E-state index in [1.54, 1.807) is 12.1 Å². The minimum absolute atomic E-state index is 0.338. The molecule has 0 heterocycles. The third kappa shape index (κ3) is 5.93. The zero-order valence-electron chi connectivity index (χ0n) is 11.4. The van der Waals surface area contributed by atoms with Crippen molar-refractivity contribution in [1.82, 2.24) is 4.72 Å². The first-order chi connectivity index (χ1) is 9.10. The lowest BCUT2D eigenvalue weighted by molar-refractivity contribution is 0.576. The van der Waals surface area contributed by atoms with Gasteiger partial charge in [0.25, 0.3) is 0 Å². The van der Waals surface area contributed by atoms with Crippen LogP contribution >= 0.6 is 11.6 Å². The van der Waals surface area contributed by atoms with E-state index in [2.05, 4.69) is 11.6 Å². The Kier molecular flexibility index (Phi) is 7.42. The first-order valence-corrected chi connectivity index (χ1v) is 8.76. The summed E-state index contributed by atoms with van der Waals surface area (Å²) in [5.41, 5.74) is 1.17. The van der Waals surface area contributed by atoms with Gasteiger partial charge in [-0.15, -0.1) is 11.6 Å². The average Bonchev–Trinajstić information content (AvgIpc) is 2.39. The number of sulfonamides is 1. The number of alkyl halides is 1. The number of hydrogen-bond donors (Lipinski definition) is 1. The predicted molar refractivity (Wildman–Crippen MR) is 80.2 cm³/mol. The molecule has 0 unspecified atom stereocenters. The molecule has 0 saturated heterocycles. The van der Waals surface area contributed by atoms with Gasteiger partial charge >= 0.3 is 0 Å². The van der Waals surface area contributed by atoms with E-state index >= 15 is 0 Å². The molecule has 0 aromatic heterocycles. The quantitative estimate of drug-likeness (QED) is 0.562. The number of nitrogens with one attached hydrogen (secondary N) is 1. The van der Waals surface area contributed by atoms with E-state index in [0.717, 1.165) is 32.1 Å². The van der Waals surface area contributed by atoms with Crippen LogP contribution in [0.1, 0.15) is 38.2 Å². The normalized spacial score (nSPS) is 11.7. The molecule has 0 amide bonds. The molecule has 0 aliphatic heterocycles. The van der Waals surface area contributed by atoms with Gasteiger partial charge in [-0.05, 0) is 37.0 Å². The van der Waals surface area contributed by atoms with Crippen LogP contribution in [0, 0.1) is 0 Å². The van der Waals surface area contributed by atoms with Gasteiger partial charge in [0.1, 0.15) is 0 Å². The van der Waals surface area contributed by atoms with Crippen molar-refractivity contribution in [3.63, 3.8) is 0 Å². The van der Waals surface area contributed by atoms with E-state index in [0.29, 0.717) is 17.3 Å². The summed E-state index contributed by atoms with van der Waals surface area (Å²) in [4.78, 5) is 0.338. The maximum Gasteiger partial charge on any atom is 0.240 e. The summed E-state index contributed by atoms with van der Waals surface area (Å²) in [5.74, 6) is 0.631. The van der Waals surface area contributed by atoms with Crippen LogP contribution in [0.5, 0.6) is 0 Å². The van der Waals surface area contributed by atoms with Crippen molar-refractivity contribution in [3.8, 4) is 0 Å². The van der Waals surface area contributed by atoms with E-state index in [1.165, 1.54) is 5.56 Å². The lowest BCUT2D eigenvalue weighted by Crippen LogP contribution is -2.24. The monoisotopic (exact) mass is 303 g/mol. The molecule has 108 valence electrons. The number of hydrogen-bond acceptors (Lipinski definition) is 2. The van der Waals surface area contributed by atoms with Gasteiger partial charge in [0.05, 0.1) is 4.90 Å². The van der Waals surface area contributed by atoms with Gasteiger partial charge in [0.15, 0.2) is 0 Å². The Bertz CT molecular complexity index is 457. The number of unbranched alkanes of at least 4 members (excludes halogenated alkanes) is 2. The molecule has 0 fully saturated rings. The molecule has 0 aliphatic carbocycles. The molecule has 1 aromatic carbocycles. The largest absolute Gasteiger partial charge is 0.240 e. The maximum absolute atomic E-state index is 12.0. The van der Waals surface area contributed by atoms with Gasteiger partial charge in [-0.25, -0.2) is 13.1 Å². The Morgan fingerprint density at radius 1 is 1.11 bits per heavy atom. The van der Waals surface area contributed by atoms with Crippen molar-refractivity contribution in [3.05, 3.63) is 29.8 Å².